The van der Waals surface area contributed by atoms with Crippen LogP contribution >= 0.6 is 27.5 Å². The minimum atomic E-state index is 0.0948. The van der Waals surface area contributed by atoms with Crippen molar-refractivity contribution in [3.05, 3.63) is 62.6 Å². The predicted octanol–water partition coefficient (Wildman–Crippen LogP) is 4.73. The van der Waals surface area contributed by atoms with Crippen molar-refractivity contribution < 1.29 is 4.74 Å². The molecule has 0 saturated carbocycles. The van der Waals surface area contributed by atoms with Gasteiger partial charge in [0.1, 0.15) is 5.75 Å². The Kier molecular flexibility index (Phi) is 5.08. The highest BCUT2D eigenvalue weighted by Gasteiger charge is 2.14. The van der Waals surface area contributed by atoms with Crippen LogP contribution in [0.3, 0.4) is 0 Å². The summed E-state index contributed by atoms with van der Waals surface area (Å²) in [5.41, 5.74) is 3.53. The molecule has 1 atom stereocenters. The first-order valence-electron chi connectivity index (χ1n) is 6.33. The van der Waals surface area contributed by atoms with E-state index in [4.69, 9.17) is 16.3 Å². The maximum atomic E-state index is 6.09. The van der Waals surface area contributed by atoms with E-state index in [2.05, 4.69) is 46.4 Å². The Morgan fingerprint density at radius 2 is 1.90 bits per heavy atom. The summed E-state index contributed by atoms with van der Waals surface area (Å²) in [5, 5.41) is 3.96. The van der Waals surface area contributed by atoms with Gasteiger partial charge in [-0.25, -0.2) is 0 Å². The molecule has 2 aromatic carbocycles. The molecule has 0 spiro atoms. The lowest BCUT2D eigenvalue weighted by Crippen LogP contribution is -2.17. The number of rotatable bonds is 4. The Hall–Kier alpha value is -1.03. The number of aryl methyl sites for hydroxylation is 1. The lowest BCUT2D eigenvalue weighted by atomic mass is 9.97. The molecule has 2 aromatic rings. The first-order valence-corrected chi connectivity index (χ1v) is 7.50. The van der Waals surface area contributed by atoms with Crippen LogP contribution in [0.5, 0.6) is 5.75 Å². The molecule has 1 unspecified atom stereocenters. The molecule has 106 valence electrons. The van der Waals surface area contributed by atoms with Gasteiger partial charge in [0.15, 0.2) is 0 Å². The zero-order chi connectivity index (χ0) is 14.7. The Labute approximate surface area is 133 Å². The van der Waals surface area contributed by atoms with Gasteiger partial charge in [-0.1, -0.05) is 39.7 Å². The van der Waals surface area contributed by atoms with Crippen molar-refractivity contribution >= 4 is 27.5 Å². The number of hydrogen-bond acceptors (Lipinski definition) is 2. The number of halogens is 2. The molecule has 4 heteroatoms. The van der Waals surface area contributed by atoms with Crippen LogP contribution in [0.15, 0.2) is 40.9 Å². The fraction of sp³-hybridized carbons (Fsp3) is 0.250. The van der Waals surface area contributed by atoms with Crippen molar-refractivity contribution in [1.82, 2.24) is 5.32 Å². The van der Waals surface area contributed by atoms with Crippen LogP contribution in [-0.4, -0.2) is 14.2 Å². The first-order chi connectivity index (χ1) is 9.55. The van der Waals surface area contributed by atoms with Crippen molar-refractivity contribution in [3.8, 4) is 5.75 Å². The zero-order valence-corrected chi connectivity index (χ0v) is 14.0. The van der Waals surface area contributed by atoms with Crippen LogP contribution in [0.1, 0.15) is 22.7 Å². The van der Waals surface area contributed by atoms with Crippen LogP contribution in [0.4, 0.5) is 0 Å². The molecule has 20 heavy (non-hydrogen) atoms. The number of nitrogens with one attached hydrogen (secondary N) is 1. The summed E-state index contributed by atoms with van der Waals surface area (Å²) in [7, 11) is 3.57. The molecule has 0 amide bonds. The van der Waals surface area contributed by atoms with Gasteiger partial charge in [-0.05, 0) is 54.9 Å². The van der Waals surface area contributed by atoms with Gasteiger partial charge < -0.3 is 10.1 Å². The summed E-state index contributed by atoms with van der Waals surface area (Å²) < 4.78 is 6.37. The van der Waals surface area contributed by atoms with Crippen LogP contribution in [0.2, 0.25) is 5.02 Å². The summed E-state index contributed by atoms with van der Waals surface area (Å²) in [6, 6.07) is 12.3. The molecular weight excluding hydrogens is 338 g/mol. The van der Waals surface area contributed by atoms with Crippen LogP contribution in [0, 0.1) is 6.92 Å². The lowest BCUT2D eigenvalue weighted by molar-refractivity contribution is 0.414. The van der Waals surface area contributed by atoms with E-state index in [9.17, 15) is 0 Å². The van der Waals surface area contributed by atoms with Gasteiger partial charge in [0.05, 0.1) is 18.2 Å². The lowest BCUT2D eigenvalue weighted by Gasteiger charge is -2.19. The maximum absolute atomic E-state index is 6.09. The largest absolute Gasteiger partial charge is 0.495 e. The van der Waals surface area contributed by atoms with E-state index in [0.717, 1.165) is 10.0 Å². The summed E-state index contributed by atoms with van der Waals surface area (Å²) in [4.78, 5) is 0. The van der Waals surface area contributed by atoms with E-state index >= 15 is 0 Å². The highest BCUT2D eigenvalue weighted by Crippen LogP contribution is 2.31. The van der Waals surface area contributed by atoms with Crippen molar-refractivity contribution in [3.63, 3.8) is 0 Å². The normalized spacial score (nSPS) is 12.2. The van der Waals surface area contributed by atoms with Gasteiger partial charge in [-0.2, -0.15) is 0 Å². The molecule has 0 radical (unpaired) electrons. The van der Waals surface area contributed by atoms with Gasteiger partial charge >= 0.3 is 0 Å². The minimum absolute atomic E-state index is 0.0948. The van der Waals surface area contributed by atoms with Gasteiger partial charge in [-0.3, -0.25) is 0 Å². The fourth-order valence-electron chi connectivity index (χ4n) is 2.31. The Balaban J connectivity index is 2.46. The van der Waals surface area contributed by atoms with E-state index in [1.807, 2.05) is 25.2 Å². The third kappa shape index (κ3) is 3.35. The van der Waals surface area contributed by atoms with Crippen molar-refractivity contribution in [1.29, 1.82) is 0 Å². The molecule has 0 aromatic heterocycles. The fourth-order valence-corrected chi connectivity index (χ4v) is 3.13. The number of hydrogen-bond donors (Lipinski definition) is 1. The quantitative estimate of drug-likeness (QED) is 0.857. The van der Waals surface area contributed by atoms with Gasteiger partial charge in [0, 0.05) is 4.47 Å². The van der Waals surface area contributed by atoms with E-state index < -0.39 is 0 Å². The Morgan fingerprint density at radius 3 is 2.50 bits per heavy atom. The molecule has 0 aliphatic rings. The minimum Gasteiger partial charge on any atom is -0.495 e. The average molecular weight is 355 g/mol. The summed E-state index contributed by atoms with van der Waals surface area (Å²) in [5.74, 6) is 0.691. The second-order valence-corrected chi connectivity index (χ2v) is 6.00. The molecule has 2 rings (SSSR count). The second kappa shape index (κ2) is 6.61. The van der Waals surface area contributed by atoms with Crippen molar-refractivity contribution in [2.75, 3.05) is 14.2 Å². The SMILES string of the molecule is CNC(c1cc(C)cc(Br)c1)c1ccc(Cl)c(OC)c1. The Bertz CT molecular complexity index is 595. The molecule has 0 bridgehead atoms. The highest BCUT2D eigenvalue weighted by molar-refractivity contribution is 9.10. The maximum Gasteiger partial charge on any atom is 0.137 e. The van der Waals surface area contributed by atoms with Crippen LogP contribution in [-0.2, 0) is 0 Å². The Morgan fingerprint density at radius 1 is 1.15 bits per heavy atom. The first kappa shape index (κ1) is 15.4. The van der Waals surface area contributed by atoms with Gasteiger partial charge in [0.25, 0.3) is 0 Å². The summed E-state index contributed by atoms with van der Waals surface area (Å²) in [6.07, 6.45) is 0. The van der Waals surface area contributed by atoms with Crippen molar-refractivity contribution in [2.45, 2.75) is 13.0 Å². The number of methoxy groups -OCH3 is 1. The molecule has 0 saturated heterocycles. The van der Waals surface area contributed by atoms with Gasteiger partial charge in [0.2, 0.25) is 0 Å². The molecule has 0 fully saturated rings. The highest BCUT2D eigenvalue weighted by atomic mass is 79.9. The molecular formula is C16H17BrClNO. The van der Waals surface area contributed by atoms with Crippen molar-refractivity contribution in [2.24, 2.45) is 0 Å². The predicted molar refractivity (Wildman–Crippen MR) is 87.8 cm³/mol. The summed E-state index contributed by atoms with van der Waals surface area (Å²) >= 11 is 9.64. The molecule has 1 N–H and O–H groups in total. The monoisotopic (exact) mass is 353 g/mol. The van der Waals surface area contributed by atoms with Crippen LogP contribution < -0.4 is 10.1 Å². The smallest absolute Gasteiger partial charge is 0.137 e. The summed E-state index contributed by atoms with van der Waals surface area (Å²) in [6.45, 7) is 2.09. The average Bonchev–Trinajstić information content (AvgIpc) is 2.40. The third-order valence-corrected chi connectivity index (χ3v) is 3.97. The van der Waals surface area contributed by atoms with Crippen LogP contribution in [0.25, 0.3) is 0 Å². The number of benzene rings is 2. The topological polar surface area (TPSA) is 21.3 Å². The third-order valence-electron chi connectivity index (χ3n) is 3.19. The zero-order valence-electron chi connectivity index (χ0n) is 11.7. The van der Waals surface area contributed by atoms with E-state index in [-0.39, 0.29) is 6.04 Å². The van der Waals surface area contributed by atoms with E-state index in [1.165, 1.54) is 11.1 Å². The second-order valence-electron chi connectivity index (χ2n) is 4.68. The molecule has 0 aliphatic heterocycles. The molecule has 0 aliphatic carbocycles. The van der Waals surface area contributed by atoms with E-state index in [0.29, 0.717) is 10.8 Å². The van der Waals surface area contributed by atoms with E-state index in [1.54, 1.807) is 7.11 Å². The van der Waals surface area contributed by atoms with Gasteiger partial charge in [-0.15, -0.1) is 0 Å². The molecule has 2 nitrogen and oxygen atoms in total. The standard InChI is InChI=1S/C16H17BrClNO/c1-10-6-12(8-13(17)7-10)16(19-2)11-4-5-14(18)15(9-11)20-3/h4-9,16,19H,1-3H3. The number of ether oxygens (including phenoxy) is 1. The molecule has 0 heterocycles.